The Bertz CT molecular complexity index is 1410. The lowest BCUT2D eigenvalue weighted by atomic mass is 10.1. The molecule has 5 rings (SSSR count). The van der Waals surface area contributed by atoms with Crippen LogP contribution < -0.4 is 29.6 Å². The third-order valence-corrected chi connectivity index (χ3v) is 5.81. The average molecular weight is 487 g/mol. The van der Waals surface area contributed by atoms with E-state index >= 15 is 0 Å². The summed E-state index contributed by atoms with van der Waals surface area (Å²) in [6, 6.07) is 18.5. The summed E-state index contributed by atoms with van der Waals surface area (Å²) in [7, 11) is 3.16. The molecule has 1 aliphatic heterocycles. The number of anilines is 1. The van der Waals surface area contributed by atoms with Gasteiger partial charge in [-0.05, 0) is 36.2 Å². The number of aliphatic imine (C=N–C) groups is 1. The summed E-state index contributed by atoms with van der Waals surface area (Å²) < 4.78 is 21.5. The van der Waals surface area contributed by atoms with E-state index < -0.39 is 0 Å². The second-order valence-electron chi connectivity index (χ2n) is 8.09. The van der Waals surface area contributed by atoms with Crippen molar-refractivity contribution in [2.24, 2.45) is 4.99 Å². The highest BCUT2D eigenvalue weighted by atomic mass is 16.7. The number of aromatic amines is 1. The quantitative estimate of drug-likeness (QED) is 0.265. The summed E-state index contributed by atoms with van der Waals surface area (Å²) in [6.45, 7) is 0.590. The first kappa shape index (κ1) is 23.1. The van der Waals surface area contributed by atoms with Crippen molar-refractivity contribution in [1.29, 1.82) is 0 Å². The summed E-state index contributed by atoms with van der Waals surface area (Å²) in [5, 5.41) is 7.23. The molecule has 0 saturated carbocycles. The van der Waals surface area contributed by atoms with Crippen LogP contribution in [0.1, 0.15) is 15.9 Å². The third kappa shape index (κ3) is 5.05. The van der Waals surface area contributed by atoms with Gasteiger partial charge in [-0.1, -0.05) is 18.2 Å². The zero-order valence-corrected chi connectivity index (χ0v) is 20.0. The molecule has 4 aromatic rings. The number of nitrogens with one attached hydrogen (secondary N) is 3. The number of guanidine groups is 1. The van der Waals surface area contributed by atoms with Crippen molar-refractivity contribution < 1.29 is 23.7 Å². The number of hydrogen-bond donors (Lipinski definition) is 3. The van der Waals surface area contributed by atoms with Crippen LogP contribution in [0.5, 0.6) is 23.0 Å². The van der Waals surface area contributed by atoms with Crippen LogP contribution >= 0.6 is 0 Å². The smallest absolute Gasteiger partial charge is 0.258 e. The Morgan fingerprint density at radius 1 is 1.00 bits per heavy atom. The molecule has 36 heavy (non-hydrogen) atoms. The minimum atomic E-state index is -0.332. The summed E-state index contributed by atoms with van der Waals surface area (Å²) in [5.41, 5.74) is 3.31. The summed E-state index contributed by atoms with van der Waals surface area (Å²) in [4.78, 5) is 21.0. The Hall–Kier alpha value is -4.66. The molecule has 0 saturated heterocycles. The second-order valence-corrected chi connectivity index (χ2v) is 8.09. The fourth-order valence-electron chi connectivity index (χ4n) is 3.97. The van der Waals surface area contributed by atoms with Crippen LogP contribution in [-0.2, 0) is 6.42 Å². The minimum absolute atomic E-state index is 0.139. The van der Waals surface area contributed by atoms with Crippen molar-refractivity contribution in [3.05, 3.63) is 78.0 Å². The standard InChI is InChI=1S/C27H26N4O5/c1-33-20-12-19(13-21(14-20)34-2)30-27(28-10-9-18-15-29-23-6-4-3-5-22(18)23)31-26(32)17-7-8-24-25(11-17)36-16-35-24/h3-8,11-15,29H,9-10,16H2,1-2H3,(H2,28,30,31,32). The Morgan fingerprint density at radius 2 is 1.78 bits per heavy atom. The zero-order chi connectivity index (χ0) is 24.9. The van der Waals surface area contributed by atoms with E-state index in [4.69, 9.17) is 18.9 Å². The van der Waals surface area contributed by atoms with Crippen molar-refractivity contribution in [2.45, 2.75) is 6.42 Å². The molecule has 0 spiro atoms. The van der Waals surface area contributed by atoms with Gasteiger partial charge in [0.2, 0.25) is 12.8 Å². The normalized spacial score (nSPS) is 12.4. The Kier molecular flexibility index (Phi) is 6.61. The van der Waals surface area contributed by atoms with Crippen molar-refractivity contribution in [3.63, 3.8) is 0 Å². The molecule has 3 aromatic carbocycles. The first-order chi connectivity index (χ1) is 17.6. The number of nitrogens with zero attached hydrogens (tertiary/aromatic N) is 1. The molecule has 184 valence electrons. The first-order valence-corrected chi connectivity index (χ1v) is 11.4. The van der Waals surface area contributed by atoms with Gasteiger partial charge >= 0.3 is 0 Å². The number of benzene rings is 3. The lowest BCUT2D eigenvalue weighted by molar-refractivity contribution is 0.0976. The predicted molar refractivity (Wildman–Crippen MR) is 138 cm³/mol. The van der Waals surface area contributed by atoms with E-state index in [1.807, 2.05) is 24.4 Å². The summed E-state index contributed by atoms with van der Waals surface area (Å²) in [5.74, 6) is 2.33. The van der Waals surface area contributed by atoms with E-state index in [2.05, 4.69) is 26.7 Å². The fraction of sp³-hybridized carbons (Fsp3) is 0.185. The highest BCUT2D eigenvalue weighted by molar-refractivity contribution is 6.10. The van der Waals surface area contributed by atoms with Gasteiger partial charge in [0, 0.05) is 53.1 Å². The number of amides is 1. The number of para-hydroxylation sites is 1. The number of rotatable bonds is 7. The molecule has 9 heteroatoms. The molecule has 9 nitrogen and oxygen atoms in total. The number of carbonyl (C=O) groups is 1. The number of aromatic nitrogens is 1. The average Bonchev–Trinajstić information content (AvgIpc) is 3.55. The molecule has 0 unspecified atom stereocenters. The molecule has 3 N–H and O–H groups in total. The van der Waals surface area contributed by atoms with Crippen LogP contribution in [0.4, 0.5) is 5.69 Å². The van der Waals surface area contributed by atoms with Crippen LogP contribution in [0.15, 0.2) is 71.9 Å². The van der Waals surface area contributed by atoms with Crippen molar-refractivity contribution in [1.82, 2.24) is 10.3 Å². The van der Waals surface area contributed by atoms with Crippen molar-refractivity contribution >= 4 is 28.5 Å². The van der Waals surface area contributed by atoms with Gasteiger partial charge in [0.1, 0.15) is 11.5 Å². The number of methoxy groups -OCH3 is 2. The Balaban J connectivity index is 1.38. The Labute approximate surface area is 208 Å². The van der Waals surface area contributed by atoms with Gasteiger partial charge in [0.25, 0.3) is 5.91 Å². The maximum Gasteiger partial charge on any atom is 0.258 e. The molecule has 0 bridgehead atoms. The topological polar surface area (TPSA) is 106 Å². The number of H-pyrrole nitrogens is 1. The monoisotopic (exact) mass is 486 g/mol. The molecule has 0 fully saturated rings. The van der Waals surface area contributed by atoms with Crippen molar-refractivity contribution in [2.75, 3.05) is 32.9 Å². The van der Waals surface area contributed by atoms with Gasteiger partial charge in [-0.3, -0.25) is 15.1 Å². The first-order valence-electron chi connectivity index (χ1n) is 11.4. The maximum absolute atomic E-state index is 13.1. The molecule has 0 radical (unpaired) electrons. The minimum Gasteiger partial charge on any atom is -0.497 e. The van der Waals surface area contributed by atoms with Crippen LogP contribution in [-0.4, -0.2) is 44.4 Å². The highest BCUT2D eigenvalue weighted by Gasteiger charge is 2.17. The number of ether oxygens (including phenoxy) is 4. The number of carbonyl (C=O) groups excluding carboxylic acids is 1. The molecular weight excluding hydrogens is 460 g/mol. The van der Waals surface area contributed by atoms with Crippen LogP contribution in [0.3, 0.4) is 0 Å². The second kappa shape index (κ2) is 10.3. The van der Waals surface area contributed by atoms with Crippen molar-refractivity contribution in [3.8, 4) is 23.0 Å². The van der Waals surface area contributed by atoms with E-state index in [0.717, 1.165) is 16.5 Å². The molecule has 2 heterocycles. The SMILES string of the molecule is COc1cc(NC(=NCCc2c[nH]c3ccccc23)NC(=O)c2ccc3c(c2)OCO3)cc(OC)c1. The number of hydrogen-bond acceptors (Lipinski definition) is 6. The summed E-state index contributed by atoms with van der Waals surface area (Å²) >= 11 is 0. The van der Waals surface area contributed by atoms with Crippen LogP contribution in [0, 0.1) is 0 Å². The van der Waals surface area contributed by atoms with Gasteiger partial charge in [-0.15, -0.1) is 0 Å². The number of fused-ring (bicyclic) bond motifs is 2. The third-order valence-electron chi connectivity index (χ3n) is 5.81. The van der Waals surface area contributed by atoms with E-state index in [1.54, 1.807) is 50.6 Å². The van der Waals surface area contributed by atoms with Crippen LogP contribution in [0.2, 0.25) is 0 Å². The van der Waals surface area contributed by atoms with E-state index in [0.29, 0.717) is 53.2 Å². The maximum atomic E-state index is 13.1. The molecule has 0 atom stereocenters. The molecule has 1 aliphatic rings. The van der Waals surface area contributed by atoms with E-state index in [-0.39, 0.29) is 12.7 Å². The fourth-order valence-corrected chi connectivity index (χ4v) is 3.97. The summed E-state index contributed by atoms with van der Waals surface area (Å²) in [6.07, 6.45) is 2.68. The lowest BCUT2D eigenvalue weighted by Gasteiger charge is -2.14. The van der Waals surface area contributed by atoms with E-state index in [9.17, 15) is 4.79 Å². The Morgan fingerprint density at radius 3 is 2.58 bits per heavy atom. The van der Waals surface area contributed by atoms with E-state index in [1.165, 1.54) is 0 Å². The lowest BCUT2D eigenvalue weighted by Crippen LogP contribution is -2.36. The van der Waals surface area contributed by atoms with Gasteiger partial charge in [-0.25, -0.2) is 0 Å². The largest absolute Gasteiger partial charge is 0.497 e. The molecule has 1 amide bonds. The van der Waals surface area contributed by atoms with Gasteiger partial charge < -0.3 is 29.2 Å². The van der Waals surface area contributed by atoms with Crippen LogP contribution in [0.25, 0.3) is 10.9 Å². The molecule has 1 aromatic heterocycles. The molecular formula is C27H26N4O5. The van der Waals surface area contributed by atoms with Gasteiger partial charge in [0.15, 0.2) is 11.5 Å². The zero-order valence-electron chi connectivity index (χ0n) is 20.0. The van der Waals surface area contributed by atoms with Gasteiger partial charge in [-0.2, -0.15) is 0 Å². The highest BCUT2D eigenvalue weighted by Crippen LogP contribution is 2.32. The predicted octanol–water partition coefficient (Wildman–Crippen LogP) is 4.35. The van der Waals surface area contributed by atoms with Gasteiger partial charge in [0.05, 0.1) is 14.2 Å². The molecule has 0 aliphatic carbocycles.